The maximum absolute atomic E-state index is 10.5. The molecule has 1 aromatic rings. The minimum atomic E-state index is -0.560. The SMILES string of the molecule is COc1ccc(OC)c([C@H](O)[C@H]2CCCCN2)c1. The average Bonchev–Trinajstić information content (AvgIpc) is 2.46. The van der Waals surface area contributed by atoms with Crippen molar-refractivity contribution in [1.82, 2.24) is 5.32 Å². The van der Waals surface area contributed by atoms with Gasteiger partial charge in [0.2, 0.25) is 0 Å². The average molecular weight is 251 g/mol. The molecule has 1 saturated heterocycles. The van der Waals surface area contributed by atoms with Gasteiger partial charge in [-0.1, -0.05) is 6.42 Å². The summed E-state index contributed by atoms with van der Waals surface area (Å²) in [5, 5.41) is 13.8. The maximum atomic E-state index is 10.5. The number of piperidine rings is 1. The number of rotatable bonds is 4. The predicted molar refractivity (Wildman–Crippen MR) is 70.1 cm³/mol. The first kappa shape index (κ1) is 13.2. The molecule has 2 N–H and O–H groups in total. The normalized spacial score (nSPS) is 21.4. The van der Waals surface area contributed by atoms with Crippen molar-refractivity contribution in [1.29, 1.82) is 0 Å². The summed E-state index contributed by atoms with van der Waals surface area (Å²) in [5.74, 6) is 1.44. The number of aliphatic hydroxyl groups excluding tert-OH is 1. The zero-order chi connectivity index (χ0) is 13.0. The van der Waals surface area contributed by atoms with Crippen LogP contribution < -0.4 is 14.8 Å². The molecule has 1 aromatic carbocycles. The van der Waals surface area contributed by atoms with Crippen molar-refractivity contribution in [2.75, 3.05) is 20.8 Å². The summed E-state index contributed by atoms with van der Waals surface area (Å²) < 4.78 is 10.5. The van der Waals surface area contributed by atoms with Crippen LogP contribution in [0.15, 0.2) is 18.2 Å². The van der Waals surface area contributed by atoms with Gasteiger partial charge in [0.1, 0.15) is 11.5 Å². The molecule has 1 aliphatic rings. The Morgan fingerprint density at radius 2 is 2.11 bits per heavy atom. The topological polar surface area (TPSA) is 50.7 Å². The number of nitrogens with one attached hydrogen (secondary N) is 1. The van der Waals surface area contributed by atoms with E-state index in [9.17, 15) is 5.11 Å². The largest absolute Gasteiger partial charge is 0.497 e. The number of hydrogen-bond donors (Lipinski definition) is 2. The Balaban J connectivity index is 2.23. The van der Waals surface area contributed by atoms with E-state index < -0.39 is 6.10 Å². The highest BCUT2D eigenvalue weighted by molar-refractivity contribution is 5.42. The fourth-order valence-electron chi connectivity index (χ4n) is 2.44. The monoisotopic (exact) mass is 251 g/mol. The van der Waals surface area contributed by atoms with Crippen LogP contribution in [0, 0.1) is 0 Å². The third-order valence-electron chi connectivity index (χ3n) is 3.49. The molecule has 0 aromatic heterocycles. The van der Waals surface area contributed by atoms with E-state index >= 15 is 0 Å². The summed E-state index contributed by atoms with van der Waals surface area (Å²) in [4.78, 5) is 0. The minimum Gasteiger partial charge on any atom is -0.497 e. The first-order chi connectivity index (χ1) is 8.76. The van der Waals surface area contributed by atoms with Gasteiger partial charge in [-0.25, -0.2) is 0 Å². The van der Waals surface area contributed by atoms with Gasteiger partial charge in [0.25, 0.3) is 0 Å². The summed E-state index contributed by atoms with van der Waals surface area (Å²) in [6.07, 6.45) is 2.76. The van der Waals surface area contributed by atoms with E-state index in [1.165, 1.54) is 6.42 Å². The van der Waals surface area contributed by atoms with Crippen molar-refractivity contribution in [2.45, 2.75) is 31.4 Å². The van der Waals surface area contributed by atoms with Gasteiger partial charge in [-0.3, -0.25) is 0 Å². The molecule has 1 heterocycles. The van der Waals surface area contributed by atoms with E-state index in [1.807, 2.05) is 18.2 Å². The molecule has 1 fully saturated rings. The molecule has 4 heteroatoms. The molecule has 2 atom stereocenters. The second-order valence-corrected chi connectivity index (χ2v) is 4.61. The van der Waals surface area contributed by atoms with Crippen molar-refractivity contribution in [2.24, 2.45) is 0 Å². The van der Waals surface area contributed by atoms with Crippen LogP contribution in [-0.4, -0.2) is 31.9 Å². The van der Waals surface area contributed by atoms with E-state index in [-0.39, 0.29) is 6.04 Å². The summed E-state index contributed by atoms with van der Waals surface area (Å²) in [6, 6.07) is 5.61. The lowest BCUT2D eigenvalue weighted by Crippen LogP contribution is -2.38. The Morgan fingerprint density at radius 1 is 1.28 bits per heavy atom. The smallest absolute Gasteiger partial charge is 0.124 e. The summed E-state index contributed by atoms with van der Waals surface area (Å²) >= 11 is 0. The number of hydrogen-bond acceptors (Lipinski definition) is 4. The van der Waals surface area contributed by atoms with Gasteiger partial charge in [-0.05, 0) is 37.6 Å². The van der Waals surface area contributed by atoms with Crippen molar-refractivity contribution < 1.29 is 14.6 Å². The standard InChI is InChI=1S/C14H21NO3/c1-17-10-6-7-13(18-2)11(9-10)14(16)12-5-3-4-8-15-12/h6-7,9,12,14-16H,3-5,8H2,1-2H3/t12-,14+/m1/s1. The first-order valence-electron chi connectivity index (χ1n) is 6.39. The van der Waals surface area contributed by atoms with Crippen molar-refractivity contribution in [3.63, 3.8) is 0 Å². The lowest BCUT2D eigenvalue weighted by atomic mass is 9.94. The zero-order valence-corrected chi connectivity index (χ0v) is 11.0. The maximum Gasteiger partial charge on any atom is 0.124 e. The van der Waals surface area contributed by atoms with Crippen LogP contribution in [0.5, 0.6) is 11.5 Å². The minimum absolute atomic E-state index is 0.0970. The molecule has 100 valence electrons. The second-order valence-electron chi connectivity index (χ2n) is 4.61. The highest BCUT2D eigenvalue weighted by Gasteiger charge is 2.25. The van der Waals surface area contributed by atoms with Crippen LogP contribution in [0.4, 0.5) is 0 Å². The van der Waals surface area contributed by atoms with Gasteiger partial charge < -0.3 is 19.9 Å². The van der Waals surface area contributed by atoms with Crippen LogP contribution in [0.1, 0.15) is 30.9 Å². The highest BCUT2D eigenvalue weighted by Crippen LogP contribution is 2.32. The van der Waals surface area contributed by atoms with Crippen LogP contribution in [0.2, 0.25) is 0 Å². The van der Waals surface area contributed by atoms with Gasteiger partial charge in [0.05, 0.1) is 20.3 Å². The molecular weight excluding hydrogens is 230 g/mol. The van der Waals surface area contributed by atoms with E-state index in [0.29, 0.717) is 5.75 Å². The quantitative estimate of drug-likeness (QED) is 0.858. The number of benzene rings is 1. The van der Waals surface area contributed by atoms with Crippen LogP contribution in [0.3, 0.4) is 0 Å². The van der Waals surface area contributed by atoms with Crippen LogP contribution >= 0.6 is 0 Å². The molecule has 0 aliphatic carbocycles. The summed E-state index contributed by atoms with van der Waals surface area (Å²) in [5.41, 5.74) is 0.788. The molecule has 18 heavy (non-hydrogen) atoms. The summed E-state index contributed by atoms with van der Waals surface area (Å²) in [7, 11) is 3.24. The van der Waals surface area contributed by atoms with Gasteiger partial charge in [-0.2, -0.15) is 0 Å². The molecule has 0 amide bonds. The summed E-state index contributed by atoms with van der Waals surface area (Å²) in [6.45, 7) is 0.966. The first-order valence-corrected chi connectivity index (χ1v) is 6.39. The van der Waals surface area contributed by atoms with Gasteiger partial charge in [0, 0.05) is 11.6 Å². The fourth-order valence-corrected chi connectivity index (χ4v) is 2.44. The fraction of sp³-hybridized carbons (Fsp3) is 0.571. The molecule has 0 unspecified atom stereocenters. The lowest BCUT2D eigenvalue weighted by molar-refractivity contribution is 0.111. The third-order valence-corrected chi connectivity index (χ3v) is 3.49. The van der Waals surface area contributed by atoms with Crippen molar-refractivity contribution in [3.8, 4) is 11.5 Å². The van der Waals surface area contributed by atoms with Crippen LogP contribution in [0.25, 0.3) is 0 Å². The van der Waals surface area contributed by atoms with Gasteiger partial charge in [0.15, 0.2) is 0 Å². The van der Waals surface area contributed by atoms with Crippen molar-refractivity contribution >= 4 is 0 Å². The second kappa shape index (κ2) is 6.07. The van der Waals surface area contributed by atoms with Crippen molar-refractivity contribution in [3.05, 3.63) is 23.8 Å². The van der Waals surface area contributed by atoms with E-state index in [2.05, 4.69) is 5.32 Å². The predicted octanol–water partition coefficient (Wildman–Crippen LogP) is 1.88. The molecule has 4 nitrogen and oxygen atoms in total. The molecule has 2 rings (SSSR count). The zero-order valence-electron chi connectivity index (χ0n) is 11.0. The number of aliphatic hydroxyl groups is 1. The molecule has 0 saturated carbocycles. The third kappa shape index (κ3) is 2.76. The van der Waals surface area contributed by atoms with E-state index in [4.69, 9.17) is 9.47 Å². The van der Waals surface area contributed by atoms with Crippen LogP contribution in [-0.2, 0) is 0 Å². The Bertz CT molecular complexity index is 389. The lowest BCUT2D eigenvalue weighted by Gasteiger charge is -2.29. The molecular formula is C14H21NO3. The molecule has 0 bridgehead atoms. The Kier molecular flexibility index (Phi) is 4.44. The van der Waals surface area contributed by atoms with E-state index in [0.717, 1.165) is 30.7 Å². The number of methoxy groups -OCH3 is 2. The molecule has 0 spiro atoms. The Hall–Kier alpha value is -1.26. The Labute approximate surface area is 108 Å². The Morgan fingerprint density at radius 3 is 2.72 bits per heavy atom. The molecule has 1 aliphatic heterocycles. The highest BCUT2D eigenvalue weighted by atomic mass is 16.5. The number of ether oxygens (including phenoxy) is 2. The van der Waals surface area contributed by atoms with E-state index in [1.54, 1.807) is 14.2 Å². The van der Waals surface area contributed by atoms with Gasteiger partial charge >= 0.3 is 0 Å². The molecule has 0 radical (unpaired) electrons. The van der Waals surface area contributed by atoms with Gasteiger partial charge in [-0.15, -0.1) is 0 Å².